The molecular weight excluding hydrogens is 598 g/mol. The van der Waals surface area contributed by atoms with Crippen molar-refractivity contribution in [3.05, 3.63) is 36.0 Å². The van der Waals surface area contributed by atoms with E-state index >= 15 is 0 Å². The van der Waals surface area contributed by atoms with Crippen LogP contribution < -0.4 is 20.8 Å². The second kappa shape index (κ2) is 16.9. The Labute approximate surface area is 278 Å². The zero-order valence-corrected chi connectivity index (χ0v) is 28.7. The molecule has 5 atom stereocenters. The summed E-state index contributed by atoms with van der Waals surface area (Å²) >= 11 is 0. The molecule has 11 nitrogen and oxygen atoms in total. The van der Waals surface area contributed by atoms with Crippen LogP contribution in [0, 0.1) is 11.8 Å². The van der Waals surface area contributed by atoms with Crippen LogP contribution in [0.5, 0.6) is 0 Å². The van der Waals surface area contributed by atoms with Gasteiger partial charge in [-0.2, -0.15) is 4.73 Å². The number of hydrogen-bond acceptors (Lipinski definition) is 7. The third-order valence-electron chi connectivity index (χ3n) is 9.84. The summed E-state index contributed by atoms with van der Waals surface area (Å²) < 4.78 is 1.62. The van der Waals surface area contributed by atoms with E-state index in [1.54, 1.807) is 18.0 Å². The van der Waals surface area contributed by atoms with Gasteiger partial charge in [0.1, 0.15) is 25.0 Å². The molecule has 3 amide bonds. The summed E-state index contributed by atoms with van der Waals surface area (Å²) in [5.74, 6) is -1.24. The van der Waals surface area contributed by atoms with Crippen LogP contribution >= 0.6 is 0 Å². The summed E-state index contributed by atoms with van der Waals surface area (Å²) in [5.41, 5.74) is 1.62. The van der Waals surface area contributed by atoms with Gasteiger partial charge < -0.3 is 20.8 Å². The van der Waals surface area contributed by atoms with Crippen molar-refractivity contribution in [2.45, 2.75) is 116 Å². The molecule has 2 aliphatic heterocycles. The largest absolute Gasteiger partial charge is 0.417 e. The first-order chi connectivity index (χ1) is 22.5. The Bertz CT molecular complexity index is 1420. The molecular formula is C36H53N5O6. The van der Waals surface area contributed by atoms with E-state index < -0.39 is 36.0 Å². The summed E-state index contributed by atoms with van der Waals surface area (Å²) in [6, 6.07) is 4.49. The van der Waals surface area contributed by atoms with Crippen molar-refractivity contribution < 1.29 is 28.8 Å². The van der Waals surface area contributed by atoms with Crippen molar-refractivity contribution in [3.8, 4) is 0 Å². The maximum absolute atomic E-state index is 14.1. The molecule has 2 fully saturated rings. The molecule has 0 spiro atoms. The van der Waals surface area contributed by atoms with Crippen molar-refractivity contribution in [2.75, 3.05) is 20.2 Å². The first-order valence-corrected chi connectivity index (χ1v) is 17.4. The smallest absolute Gasteiger partial charge is 0.243 e. The van der Waals surface area contributed by atoms with Crippen LogP contribution in [0.1, 0.15) is 91.0 Å². The lowest BCUT2D eigenvalue weighted by Crippen LogP contribution is -2.57. The third kappa shape index (κ3) is 9.21. The Kier molecular flexibility index (Phi) is 13.0. The number of carbonyl (C=O) groups excluding carboxylic acids is 5. The van der Waals surface area contributed by atoms with E-state index in [1.807, 2.05) is 56.9 Å². The Morgan fingerprint density at radius 2 is 1.66 bits per heavy atom. The lowest BCUT2D eigenvalue weighted by Gasteiger charge is -2.36. The number of hydrogen-bond donors (Lipinski definition) is 3. The van der Waals surface area contributed by atoms with E-state index in [1.165, 1.54) is 0 Å². The number of unbranched alkanes of at least 4 members (excludes halogenated alkanes) is 2. The summed E-state index contributed by atoms with van der Waals surface area (Å²) in [5, 5.41) is 9.85. The van der Waals surface area contributed by atoms with Gasteiger partial charge in [-0.3, -0.25) is 28.9 Å². The van der Waals surface area contributed by atoms with Gasteiger partial charge in [-0.1, -0.05) is 71.6 Å². The molecule has 4 rings (SSSR count). The van der Waals surface area contributed by atoms with Gasteiger partial charge in [0, 0.05) is 30.3 Å². The fourth-order valence-corrected chi connectivity index (χ4v) is 6.69. The maximum atomic E-state index is 14.1. The highest BCUT2D eigenvalue weighted by molar-refractivity contribution is 5.97. The highest BCUT2D eigenvalue weighted by Gasteiger charge is 2.37. The molecule has 3 heterocycles. The van der Waals surface area contributed by atoms with Crippen LogP contribution in [0.4, 0.5) is 0 Å². The van der Waals surface area contributed by atoms with Crippen LogP contribution in [0.2, 0.25) is 0 Å². The van der Waals surface area contributed by atoms with E-state index in [-0.39, 0.29) is 42.3 Å². The molecule has 3 N–H and O–H groups in total. The number of ketones is 2. The first kappa shape index (κ1) is 36.1. The van der Waals surface area contributed by atoms with Gasteiger partial charge in [0.05, 0.1) is 24.1 Å². The van der Waals surface area contributed by atoms with E-state index in [4.69, 9.17) is 4.84 Å². The van der Waals surface area contributed by atoms with E-state index in [0.717, 1.165) is 35.7 Å². The second-order valence-electron chi connectivity index (χ2n) is 13.5. The Morgan fingerprint density at radius 3 is 2.38 bits per heavy atom. The SMILES string of the molecule is CC[C@H](C)[C@@H]1NC(=O)[C@H](Cc2cn(OC)c3ccccc23)NC(=O)[C@H](CCCCCC(=O)C(C)C)NC(=O)[C@H]2CCCCN2CC1=O. The Balaban J connectivity index is 1.65. The van der Waals surface area contributed by atoms with Gasteiger partial charge in [-0.05, 0) is 49.8 Å². The quantitative estimate of drug-likeness (QED) is 0.299. The number of Topliss-reactive ketones (excluding diaryl/α,β-unsaturated/α-hetero) is 2. The van der Waals surface area contributed by atoms with Crippen LogP contribution in [0.15, 0.2) is 30.5 Å². The molecule has 0 bridgehead atoms. The van der Waals surface area contributed by atoms with Crippen LogP contribution in [-0.4, -0.2) is 83.3 Å². The average molecular weight is 652 g/mol. The standard InChI is InChI=1S/C36H53N5O6/c1-6-24(4)33-32(43)22-40-19-13-12-17-30(40)36(46)37-27(15-8-7-9-18-31(42)23(2)3)34(44)38-28(35(45)39-33)20-25-21-41(47-5)29-16-11-10-14-26(25)29/h10-11,14,16,21,23-24,27-28,30,33H,6-9,12-13,15,17-20,22H2,1-5H3,(H,37,46)(H,38,44)(H,39,45)/t24-,27-,28-,30+,33-/m0/s1. The highest BCUT2D eigenvalue weighted by atomic mass is 16.6. The molecule has 2 saturated heterocycles. The summed E-state index contributed by atoms with van der Waals surface area (Å²) in [4.78, 5) is 75.2. The minimum atomic E-state index is -1.01. The molecule has 11 heteroatoms. The molecule has 47 heavy (non-hydrogen) atoms. The maximum Gasteiger partial charge on any atom is 0.243 e. The van der Waals surface area contributed by atoms with E-state index in [9.17, 15) is 24.0 Å². The molecule has 1 aromatic heterocycles. The fourth-order valence-electron chi connectivity index (χ4n) is 6.69. The lowest BCUT2D eigenvalue weighted by molar-refractivity contribution is -0.134. The predicted molar refractivity (Wildman–Crippen MR) is 181 cm³/mol. The number of benzene rings is 1. The second-order valence-corrected chi connectivity index (χ2v) is 13.5. The van der Waals surface area contributed by atoms with Crippen LogP contribution in [-0.2, 0) is 30.4 Å². The average Bonchev–Trinajstić information content (AvgIpc) is 3.42. The van der Waals surface area contributed by atoms with Crippen molar-refractivity contribution in [1.29, 1.82) is 0 Å². The van der Waals surface area contributed by atoms with E-state index in [2.05, 4.69) is 16.0 Å². The molecule has 1 aromatic carbocycles. The lowest BCUT2D eigenvalue weighted by atomic mass is 9.93. The number of amides is 3. The first-order valence-electron chi connectivity index (χ1n) is 17.4. The molecule has 2 aliphatic rings. The molecule has 0 radical (unpaired) electrons. The highest BCUT2D eigenvalue weighted by Crippen LogP contribution is 2.23. The topological polar surface area (TPSA) is 139 Å². The summed E-state index contributed by atoms with van der Waals surface area (Å²) in [6.45, 7) is 8.34. The minimum Gasteiger partial charge on any atom is -0.417 e. The number of nitrogens with zero attached hydrogens (tertiary/aromatic N) is 2. The molecule has 258 valence electrons. The number of para-hydroxylation sites is 1. The van der Waals surface area contributed by atoms with Gasteiger partial charge in [0.25, 0.3) is 0 Å². The van der Waals surface area contributed by atoms with Gasteiger partial charge in [0.2, 0.25) is 17.7 Å². The van der Waals surface area contributed by atoms with Gasteiger partial charge in [0.15, 0.2) is 5.78 Å². The van der Waals surface area contributed by atoms with Crippen molar-refractivity contribution in [2.24, 2.45) is 11.8 Å². The van der Waals surface area contributed by atoms with E-state index in [0.29, 0.717) is 45.1 Å². The van der Waals surface area contributed by atoms with Crippen molar-refractivity contribution in [1.82, 2.24) is 25.6 Å². The number of aromatic nitrogens is 1. The van der Waals surface area contributed by atoms with Crippen LogP contribution in [0.3, 0.4) is 0 Å². The predicted octanol–water partition coefficient (Wildman–Crippen LogP) is 3.36. The fraction of sp³-hybridized carbons (Fsp3) is 0.639. The normalized spacial score (nSPS) is 24.0. The van der Waals surface area contributed by atoms with Gasteiger partial charge in [-0.25, -0.2) is 0 Å². The number of piperidine rings is 1. The number of carbonyl (C=O) groups is 5. The molecule has 0 unspecified atom stereocenters. The third-order valence-corrected chi connectivity index (χ3v) is 9.84. The van der Waals surface area contributed by atoms with Crippen LogP contribution in [0.25, 0.3) is 10.9 Å². The zero-order chi connectivity index (χ0) is 34.1. The number of fused-ring (bicyclic) bond motifs is 2. The van der Waals surface area contributed by atoms with Gasteiger partial charge in [-0.15, -0.1) is 0 Å². The molecule has 2 aromatic rings. The summed E-state index contributed by atoms with van der Waals surface area (Å²) in [6.07, 6.45) is 7.88. The zero-order valence-electron chi connectivity index (χ0n) is 28.7. The Hall–Kier alpha value is -3.73. The van der Waals surface area contributed by atoms with Gasteiger partial charge >= 0.3 is 0 Å². The molecule has 0 aliphatic carbocycles. The van der Waals surface area contributed by atoms with Crippen molar-refractivity contribution >= 4 is 40.2 Å². The monoisotopic (exact) mass is 651 g/mol. The van der Waals surface area contributed by atoms with Crippen molar-refractivity contribution in [3.63, 3.8) is 0 Å². The summed E-state index contributed by atoms with van der Waals surface area (Å²) in [7, 11) is 1.56. The number of nitrogens with one attached hydrogen (secondary N) is 3. The minimum absolute atomic E-state index is 0.0123. The molecule has 0 saturated carbocycles. The number of rotatable bonds is 12. The Morgan fingerprint density at radius 1 is 0.936 bits per heavy atom.